The van der Waals surface area contributed by atoms with Crippen LogP contribution in [0.25, 0.3) is 0 Å². The molecule has 0 radical (unpaired) electrons. The molecule has 0 aliphatic rings. The maximum atomic E-state index is 12.0. The number of methoxy groups -OCH3 is 2. The molecule has 0 saturated heterocycles. The van der Waals surface area contributed by atoms with Crippen molar-refractivity contribution in [2.45, 2.75) is 25.5 Å². The third-order valence-corrected chi connectivity index (χ3v) is 3.03. The van der Waals surface area contributed by atoms with E-state index in [0.717, 1.165) is 0 Å². The van der Waals surface area contributed by atoms with E-state index >= 15 is 0 Å². The molecule has 4 N–H and O–H groups in total. The Morgan fingerprint density at radius 3 is 2.48 bits per heavy atom. The second kappa shape index (κ2) is 8.96. The van der Waals surface area contributed by atoms with E-state index in [9.17, 15) is 14.7 Å². The summed E-state index contributed by atoms with van der Waals surface area (Å²) in [5.74, 6) is -0.676. The van der Waals surface area contributed by atoms with Crippen molar-refractivity contribution in [1.29, 1.82) is 0 Å². The summed E-state index contributed by atoms with van der Waals surface area (Å²) in [4.78, 5) is 23.2. The summed E-state index contributed by atoms with van der Waals surface area (Å²) < 4.78 is 10.2. The number of aliphatic hydroxyl groups excluding tert-OH is 1. The third-order valence-electron chi connectivity index (χ3n) is 3.03. The average molecular weight is 326 g/mol. The van der Waals surface area contributed by atoms with Crippen LogP contribution in [0.3, 0.4) is 0 Å². The molecule has 0 saturated carbocycles. The fourth-order valence-corrected chi connectivity index (χ4v) is 1.85. The molecule has 1 aromatic carbocycles. The van der Waals surface area contributed by atoms with E-state index in [2.05, 4.69) is 10.6 Å². The van der Waals surface area contributed by atoms with Crippen LogP contribution < -0.4 is 20.1 Å². The summed E-state index contributed by atoms with van der Waals surface area (Å²) in [6.07, 6.45) is -0.987. The molecule has 1 amide bonds. The lowest BCUT2D eigenvalue weighted by Crippen LogP contribution is -2.42. The Bertz CT molecular complexity index is 547. The molecule has 0 heterocycles. The molecule has 2 unspecified atom stereocenters. The minimum atomic E-state index is -1.16. The number of carbonyl (C=O) groups is 2. The molecule has 0 fully saturated rings. The number of amides is 1. The van der Waals surface area contributed by atoms with Crippen LogP contribution >= 0.6 is 0 Å². The molecule has 2 atom stereocenters. The molecule has 0 aliphatic carbocycles. The van der Waals surface area contributed by atoms with Gasteiger partial charge in [-0.2, -0.15) is 0 Å². The second-order valence-corrected chi connectivity index (χ2v) is 4.97. The van der Waals surface area contributed by atoms with Crippen LogP contribution in [0.15, 0.2) is 18.2 Å². The first kappa shape index (κ1) is 18.7. The van der Waals surface area contributed by atoms with Gasteiger partial charge in [0, 0.05) is 12.6 Å². The fourth-order valence-electron chi connectivity index (χ4n) is 1.85. The van der Waals surface area contributed by atoms with Crippen molar-refractivity contribution in [3.8, 4) is 11.5 Å². The Kier molecular flexibility index (Phi) is 7.30. The van der Waals surface area contributed by atoms with E-state index in [1.807, 2.05) is 0 Å². The van der Waals surface area contributed by atoms with Crippen molar-refractivity contribution in [2.24, 2.45) is 0 Å². The summed E-state index contributed by atoms with van der Waals surface area (Å²) >= 11 is 0. The predicted molar refractivity (Wildman–Crippen MR) is 83.9 cm³/mol. The molecule has 23 heavy (non-hydrogen) atoms. The average Bonchev–Trinajstić information content (AvgIpc) is 2.51. The van der Waals surface area contributed by atoms with Crippen LogP contribution in [-0.2, 0) is 9.59 Å². The minimum absolute atomic E-state index is 0.0795. The van der Waals surface area contributed by atoms with Gasteiger partial charge in [0.1, 0.15) is 17.5 Å². The highest BCUT2D eigenvalue weighted by atomic mass is 16.5. The lowest BCUT2D eigenvalue weighted by molar-refractivity contribution is -0.141. The summed E-state index contributed by atoms with van der Waals surface area (Å²) in [6.45, 7) is 1.60. The normalized spacial score (nSPS) is 13.0. The minimum Gasteiger partial charge on any atom is -0.497 e. The molecule has 0 bridgehead atoms. The molecule has 0 aromatic heterocycles. The van der Waals surface area contributed by atoms with Crippen molar-refractivity contribution in [2.75, 3.05) is 26.1 Å². The maximum absolute atomic E-state index is 12.0. The van der Waals surface area contributed by atoms with E-state index < -0.39 is 24.0 Å². The quantitative estimate of drug-likeness (QED) is 0.520. The highest BCUT2D eigenvalue weighted by Crippen LogP contribution is 2.29. The number of carboxylic acid groups (broad SMARTS) is 1. The van der Waals surface area contributed by atoms with Crippen LogP contribution in [-0.4, -0.2) is 55.0 Å². The molecule has 8 heteroatoms. The molecule has 128 valence electrons. The van der Waals surface area contributed by atoms with Crippen molar-refractivity contribution in [1.82, 2.24) is 5.32 Å². The monoisotopic (exact) mass is 326 g/mol. The number of rotatable bonds is 9. The summed E-state index contributed by atoms with van der Waals surface area (Å²) in [6, 6.07) is 3.78. The first-order chi connectivity index (χ1) is 10.9. The van der Waals surface area contributed by atoms with Gasteiger partial charge in [-0.25, -0.2) is 0 Å². The highest BCUT2D eigenvalue weighted by molar-refractivity contribution is 5.95. The molecule has 1 rings (SSSR count). The Morgan fingerprint density at radius 1 is 1.26 bits per heavy atom. The number of anilines is 1. The number of benzene rings is 1. The van der Waals surface area contributed by atoms with Crippen LogP contribution in [0, 0.1) is 0 Å². The smallest absolute Gasteiger partial charge is 0.321 e. The number of ether oxygens (including phenoxy) is 2. The first-order valence-electron chi connectivity index (χ1n) is 7.03. The van der Waals surface area contributed by atoms with E-state index in [0.29, 0.717) is 17.2 Å². The van der Waals surface area contributed by atoms with Gasteiger partial charge >= 0.3 is 5.97 Å². The lowest BCUT2D eigenvalue weighted by atomic mass is 10.2. The number of aliphatic carboxylic acids is 1. The van der Waals surface area contributed by atoms with Gasteiger partial charge in [-0.05, 0) is 19.1 Å². The third kappa shape index (κ3) is 6.13. The molecule has 0 aliphatic heterocycles. The number of hydrogen-bond donors (Lipinski definition) is 4. The zero-order chi connectivity index (χ0) is 17.4. The van der Waals surface area contributed by atoms with Gasteiger partial charge in [-0.15, -0.1) is 0 Å². The van der Waals surface area contributed by atoms with Crippen molar-refractivity contribution >= 4 is 17.6 Å². The van der Waals surface area contributed by atoms with E-state index in [4.69, 9.17) is 14.6 Å². The zero-order valence-electron chi connectivity index (χ0n) is 13.3. The fraction of sp³-hybridized carbons (Fsp3) is 0.467. The molecule has 1 aromatic rings. The lowest BCUT2D eigenvalue weighted by Gasteiger charge is -2.16. The van der Waals surface area contributed by atoms with Crippen molar-refractivity contribution in [3.63, 3.8) is 0 Å². The zero-order valence-corrected chi connectivity index (χ0v) is 13.3. The maximum Gasteiger partial charge on any atom is 0.321 e. The topological polar surface area (TPSA) is 117 Å². The number of nitrogens with one attached hydrogen (secondary N) is 2. The van der Waals surface area contributed by atoms with Gasteiger partial charge in [-0.1, -0.05) is 0 Å². The number of hydrogen-bond acceptors (Lipinski definition) is 6. The highest BCUT2D eigenvalue weighted by Gasteiger charge is 2.21. The van der Waals surface area contributed by atoms with Gasteiger partial charge in [-0.3, -0.25) is 9.59 Å². The van der Waals surface area contributed by atoms with Crippen LogP contribution in [0.2, 0.25) is 0 Å². The van der Waals surface area contributed by atoms with Crippen LogP contribution in [0.5, 0.6) is 11.5 Å². The summed E-state index contributed by atoms with van der Waals surface area (Å²) in [7, 11) is 2.97. The first-order valence-corrected chi connectivity index (χ1v) is 7.03. The summed E-state index contributed by atoms with van der Waals surface area (Å²) in [5, 5.41) is 23.5. The Balaban J connectivity index is 2.72. The van der Waals surface area contributed by atoms with Gasteiger partial charge in [0.25, 0.3) is 0 Å². The van der Waals surface area contributed by atoms with Crippen molar-refractivity contribution < 1.29 is 29.3 Å². The number of carbonyl (C=O) groups excluding carboxylic acids is 1. The van der Waals surface area contributed by atoms with E-state index in [1.165, 1.54) is 21.1 Å². The van der Waals surface area contributed by atoms with Crippen LogP contribution in [0.4, 0.5) is 5.69 Å². The predicted octanol–water partition coefficient (Wildman–Crippen LogP) is 0.456. The standard InChI is InChI=1S/C15H22N2O6/c1-9(18)8-16-12(15(20)21)7-14(19)17-11-5-4-10(22-2)6-13(11)23-3/h4-6,9,12,16,18H,7-8H2,1-3H3,(H,17,19)(H,20,21). The Labute approximate surface area is 134 Å². The number of carboxylic acids is 1. The van der Waals surface area contributed by atoms with E-state index in [1.54, 1.807) is 18.2 Å². The Morgan fingerprint density at radius 2 is 1.96 bits per heavy atom. The van der Waals surface area contributed by atoms with Gasteiger partial charge in [0.15, 0.2) is 0 Å². The second-order valence-electron chi connectivity index (χ2n) is 4.97. The molecular weight excluding hydrogens is 304 g/mol. The molecule has 8 nitrogen and oxygen atoms in total. The van der Waals surface area contributed by atoms with Gasteiger partial charge in [0.2, 0.25) is 5.91 Å². The summed E-state index contributed by atoms with van der Waals surface area (Å²) in [5.41, 5.74) is 0.415. The van der Waals surface area contributed by atoms with Gasteiger partial charge in [0.05, 0.1) is 32.4 Å². The Hall–Kier alpha value is -2.32. The van der Waals surface area contributed by atoms with Crippen LogP contribution in [0.1, 0.15) is 13.3 Å². The largest absolute Gasteiger partial charge is 0.497 e. The molecule has 0 spiro atoms. The molecular formula is C15H22N2O6. The van der Waals surface area contributed by atoms with E-state index in [-0.39, 0.29) is 13.0 Å². The SMILES string of the molecule is COc1ccc(NC(=O)CC(NCC(C)O)C(=O)O)c(OC)c1. The number of aliphatic hydroxyl groups is 1. The van der Waals surface area contributed by atoms with Gasteiger partial charge < -0.3 is 30.3 Å². The van der Waals surface area contributed by atoms with Crippen molar-refractivity contribution in [3.05, 3.63) is 18.2 Å².